The number of hydrogen-bond acceptors (Lipinski definition) is 2. The van der Waals surface area contributed by atoms with E-state index in [4.69, 9.17) is 0 Å². The van der Waals surface area contributed by atoms with Crippen LogP contribution < -0.4 is 5.32 Å². The number of nitrogens with zero attached hydrogens (tertiary/aromatic N) is 1. The van der Waals surface area contributed by atoms with Crippen LogP contribution >= 0.6 is 15.9 Å². The Morgan fingerprint density at radius 2 is 2.21 bits per heavy atom. The number of halogens is 1. The molecule has 0 unspecified atom stereocenters. The molecule has 1 amide bonds. The van der Waals surface area contributed by atoms with E-state index in [2.05, 4.69) is 31.4 Å². The number of rotatable bonds is 3. The van der Waals surface area contributed by atoms with Crippen LogP contribution in [-0.4, -0.2) is 16.1 Å². The zero-order valence-electron chi connectivity index (χ0n) is 10.5. The van der Waals surface area contributed by atoms with E-state index < -0.39 is 0 Å². The Morgan fingerprint density at radius 1 is 1.42 bits per heavy atom. The van der Waals surface area contributed by atoms with Crippen molar-refractivity contribution in [2.24, 2.45) is 0 Å². The molecule has 0 saturated heterocycles. The number of hydrogen-bond donors (Lipinski definition) is 2. The number of benzene rings is 1. The van der Waals surface area contributed by atoms with E-state index in [0.29, 0.717) is 11.6 Å². The summed E-state index contributed by atoms with van der Waals surface area (Å²) in [6, 6.07) is 7.65. The second kappa shape index (κ2) is 4.81. The first-order chi connectivity index (χ1) is 9.13. The van der Waals surface area contributed by atoms with Crippen molar-refractivity contribution in [3.63, 3.8) is 0 Å². The molecule has 0 aliphatic heterocycles. The second-order valence-corrected chi connectivity index (χ2v) is 5.77. The highest BCUT2D eigenvalue weighted by Gasteiger charge is 2.26. The molecule has 1 aliphatic rings. The average Bonchev–Trinajstić information content (AvgIpc) is 3.10. The van der Waals surface area contributed by atoms with Crippen LogP contribution in [0.25, 0.3) is 0 Å². The Morgan fingerprint density at radius 3 is 2.89 bits per heavy atom. The van der Waals surface area contributed by atoms with Gasteiger partial charge in [0.15, 0.2) is 5.69 Å². The lowest BCUT2D eigenvalue weighted by Gasteiger charge is -2.06. The number of aromatic nitrogens is 2. The molecule has 1 saturated carbocycles. The van der Waals surface area contributed by atoms with E-state index in [-0.39, 0.29) is 5.91 Å². The van der Waals surface area contributed by atoms with Crippen LogP contribution in [0.1, 0.15) is 40.5 Å². The van der Waals surface area contributed by atoms with Crippen molar-refractivity contribution in [2.75, 3.05) is 5.32 Å². The van der Waals surface area contributed by atoms with Crippen LogP contribution in [0.4, 0.5) is 5.69 Å². The lowest BCUT2D eigenvalue weighted by atomic mass is 10.2. The molecule has 5 heteroatoms. The summed E-state index contributed by atoms with van der Waals surface area (Å²) < 4.78 is 0.874. The SMILES string of the molecule is Cc1ccc(NC(=O)c2cc(C3CC3)[nH]n2)c(Br)c1. The van der Waals surface area contributed by atoms with E-state index in [1.807, 2.05) is 31.2 Å². The lowest BCUT2D eigenvalue weighted by Crippen LogP contribution is -2.12. The maximum absolute atomic E-state index is 12.1. The molecule has 1 heterocycles. The third kappa shape index (κ3) is 2.71. The summed E-state index contributed by atoms with van der Waals surface area (Å²) in [6.07, 6.45) is 2.37. The Labute approximate surface area is 119 Å². The van der Waals surface area contributed by atoms with E-state index in [0.717, 1.165) is 21.4 Å². The smallest absolute Gasteiger partial charge is 0.276 e. The molecule has 1 aromatic heterocycles. The van der Waals surface area contributed by atoms with E-state index in [1.165, 1.54) is 12.8 Å². The molecule has 2 N–H and O–H groups in total. The molecule has 0 bridgehead atoms. The lowest BCUT2D eigenvalue weighted by molar-refractivity contribution is 0.102. The highest BCUT2D eigenvalue weighted by atomic mass is 79.9. The molecule has 1 fully saturated rings. The topological polar surface area (TPSA) is 57.8 Å². The minimum Gasteiger partial charge on any atom is -0.320 e. The van der Waals surface area contributed by atoms with Gasteiger partial charge in [-0.2, -0.15) is 5.10 Å². The molecule has 1 aromatic carbocycles. The van der Waals surface area contributed by atoms with Gasteiger partial charge in [0.05, 0.1) is 5.69 Å². The number of aromatic amines is 1. The van der Waals surface area contributed by atoms with Crippen LogP contribution in [-0.2, 0) is 0 Å². The predicted molar refractivity (Wildman–Crippen MR) is 77.4 cm³/mol. The fourth-order valence-corrected chi connectivity index (χ4v) is 2.56. The zero-order valence-corrected chi connectivity index (χ0v) is 12.1. The molecule has 4 nitrogen and oxygen atoms in total. The molecule has 0 atom stereocenters. The first-order valence-corrected chi connectivity index (χ1v) is 7.05. The number of amides is 1. The van der Waals surface area contributed by atoms with Crippen molar-refractivity contribution >= 4 is 27.5 Å². The van der Waals surface area contributed by atoms with Crippen molar-refractivity contribution in [1.29, 1.82) is 0 Å². The van der Waals surface area contributed by atoms with Gasteiger partial charge in [0.25, 0.3) is 5.91 Å². The molecule has 3 rings (SSSR count). The largest absolute Gasteiger partial charge is 0.320 e. The zero-order chi connectivity index (χ0) is 13.4. The maximum atomic E-state index is 12.1. The summed E-state index contributed by atoms with van der Waals surface area (Å²) >= 11 is 3.44. The summed E-state index contributed by atoms with van der Waals surface area (Å²) in [5, 5.41) is 9.86. The fraction of sp³-hybridized carbons (Fsp3) is 0.286. The van der Waals surface area contributed by atoms with Gasteiger partial charge >= 0.3 is 0 Å². The minimum absolute atomic E-state index is 0.187. The number of aryl methyl sites for hydroxylation is 1. The summed E-state index contributed by atoms with van der Waals surface area (Å²) in [7, 11) is 0. The van der Waals surface area contributed by atoms with Crippen molar-refractivity contribution < 1.29 is 4.79 Å². The van der Waals surface area contributed by atoms with Crippen molar-refractivity contribution in [3.8, 4) is 0 Å². The molecular formula is C14H14BrN3O. The van der Waals surface area contributed by atoms with Crippen molar-refractivity contribution in [3.05, 3.63) is 45.7 Å². The number of nitrogens with one attached hydrogen (secondary N) is 2. The van der Waals surface area contributed by atoms with Crippen LogP contribution in [0.5, 0.6) is 0 Å². The highest BCUT2D eigenvalue weighted by Crippen LogP contribution is 2.39. The summed E-state index contributed by atoms with van der Waals surface area (Å²) in [6.45, 7) is 2.01. The van der Waals surface area contributed by atoms with Crippen molar-refractivity contribution in [2.45, 2.75) is 25.7 Å². The number of H-pyrrole nitrogens is 1. The second-order valence-electron chi connectivity index (χ2n) is 4.92. The Bertz CT molecular complexity index is 631. The maximum Gasteiger partial charge on any atom is 0.276 e. The van der Waals surface area contributed by atoms with Crippen LogP contribution in [0, 0.1) is 6.92 Å². The molecular weight excluding hydrogens is 306 g/mol. The third-order valence-electron chi connectivity index (χ3n) is 3.22. The molecule has 0 radical (unpaired) electrons. The van der Waals surface area contributed by atoms with Gasteiger partial charge in [-0.25, -0.2) is 0 Å². The Hall–Kier alpha value is -1.62. The van der Waals surface area contributed by atoms with E-state index in [1.54, 1.807) is 0 Å². The predicted octanol–water partition coefficient (Wildman–Crippen LogP) is 3.61. The molecule has 0 spiro atoms. The van der Waals surface area contributed by atoms with Crippen LogP contribution in [0.15, 0.2) is 28.7 Å². The first kappa shape index (κ1) is 12.4. The third-order valence-corrected chi connectivity index (χ3v) is 3.88. The molecule has 19 heavy (non-hydrogen) atoms. The Balaban J connectivity index is 1.76. The highest BCUT2D eigenvalue weighted by molar-refractivity contribution is 9.10. The number of anilines is 1. The normalized spacial score (nSPS) is 14.4. The fourth-order valence-electron chi connectivity index (χ4n) is 1.96. The van der Waals surface area contributed by atoms with Crippen LogP contribution in [0.2, 0.25) is 0 Å². The summed E-state index contributed by atoms with van der Waals surface area (Å²) in [5.41, 5.74) is 3.40. The summed E-state index contributed by atoms with van der Waals surface area (Å²) in [5.74, 6) is 0.382. The monoisotopic (exact) mass is 319 g/mol. The van der Waals surface area contributed by atoms with Gasteiger partial charge in [-0.3, -0.25) is 9.89 Å². The molecule has 98 valence electrons. The van der Waals surface area contributed by atoms with Gasteiger partial charge < -0.3 is 5.32 Å². The van der Waals surface area contributed by atoms with Crippen molar-refractivity contribution in [1.82, 2.24) is 10.2 Å². The molecule has 2 aromatic rings. The summed E-state index contributed by atoms with van der Waals surface area (Å²) in [4.78, 5) is 12.1. The van der Waals surface area contributed by atoms with Gasteiger partial charge in [0.1, 0.15) is 0 Å². The van der Waals surface area contributed by atoms with Gasteiger partial charge in [0, 0.05) is 16.1 Å². The van der Waals surface area contributed by atoms with Gasteiger partial charge in [0.2, 0.25) is 0 Å². The van der Waals surface area contributed by atoms with E-state index >= 15 is 0 Å². The van der Waals surface area contributed by atoms with Gasteiger partial charge in [-0.1, -0.05) is 6.07 Å². The standard InChI is InChI=1S/C14H14BrN3O/c1-8-2-5-11(10(15)6-8)16-14(19)13-7-12(17-18-13)9-3-4-9/h2,5-7,9H,3-4H2,1H3,(H,16,19)(H,17,18). The Kier molecular flexibility index (Phi) is 3.14. The molecule has 1 aliphatic carbocycles. The minimum atomic E-state index is -0.187. The average molecular weight is 320 g/mol. The number of carbonyl (C=O) groups excluding carboxylic acids is 1. The van der Waals surface area contributed by atoms with Crippen LogP contribution in [0.3, 0.4) is 0 Å². The quantitative estimate of drug-likeness (QED) is 0.907. The number of carbonyl (C=O) groups is 1. The first-order valence-electron chi connectivity index (χ1n) is 6.26. The van der Waals surface area contributed by atoms with Gasteiger partial charge in [-0.15, -0.1) is 0 Å². The van der Waals surface area contributed by atoms with Gasteiger partial charge in [-0.05, 0) is 59.5 Å². The van der Waals surface area contributed by atoms with E-state index in [9.17, 15) is 4.79 Å².